The Morgan fingerprint density at radius 1 is 1.18 bits per heavy atom. The second-order valence-electron chi connectivity index (χ2n) is 4.12. The summed E-state index contributed by atoms with van der Waals surface area (Å²) < 4.78 is 0.202. The molecule has 0 saturated carbocycles. The smallest absolute Gasteiger partial charge is 0.323 e. The number of nitriles is 1. The number of hydrogen-bond acceptors (Lipinski definition) is 3. The van der Waals surface area contributed by atoms with E-state index >= 15 is 0 Å². The Balaban J connectivity index is 2.18. The van der Waals surface area contributed by atoms with Crippen LogP contribution in [0.2, 0.25) is 10.0 Å². The highest BCUT2D eigenvalue weighted by atomic mass is 79.9. The molecule has 0 aliphatic rings. The predicted octanol–water partition coefficient (Wildman–Crippen LogP) is 4.98. The number of anilines is 2. The highest BCUT2D eigenvalue weighted by Gasteiger charge is 2.13. The van der Waals surface area contributed by atoms with E-state index in [0.717, 1.165) is 0 Å². The lowest BCUT2D eigenvalue weighted by Gasteiger charge is -2.11. The van der Waals surface area contributed by atoms with Crippen molar-refractivity contribution < 1.29 is 9.90 Å². The van der Waals surface area contributed by atoms with Crippen LogP contribution in [0, 0.1) is 11.3 Å². The van der Waals surface area contributed by atoms with Gasteiger partial charge in [0.15, 0.2) is 5.75 Å². The van der Waals surface area contributed by atoms with Crippen LogP contribution < -0.4 is 10.6 Å². The van der Waals surface area contributed by atoms with Crippen molar-refractivity contribution in [1.82, 2.24) is 0 Å². The maximum Gasteiger partial charge on any atom is 0.323 e. The Kier molecular flexibility index (Phi) is 5.14. The molecule has 0 aromatic heterocycles. The summed E-state index contributed by atoms with van der Waals surface area (Å²) in [6.07, 6.45) is 0. The zero-order chi connectivity index (χ0) is 16.3. The number of urea groups is 1. The van der Waals surface area contributed by atoms with Crippen LogP contribution in [0.1, 0.15) is 5.56 Å². The van der Waals surface area contributed by atoms with Gasteiger partial charge in [-0.3, -0.25) is 0 Å². The number of amides is 2. The molecule has 2 amide bonds. The topological polar surface area (TPSA) is 85.2 Å². The number of nitrogens with zero attached hydrogens (tertiary/aromatic N) is 1. The number of carbonyl (C=O) groups excluding carboxylic acids is 1. The number of phenolic OH excluding ortho intramolecular Hbond substituents is 1. The predicted molar refractivity (Wildman–Crippen MR) is 89.6 cm³/mol. The minimum Gasteiger partial charge on any atom is -0.505 e. The van der Waals surface area contributed by atoms with Crippen LogP contribution in [-0.2, 0) is 0 Å². The average molecular weight is 401 g/mol. The fourth-order valence-electron chi connectivity index (χ4n) is 1.63. The molecular weight excluding hydrogens is 393 g/mol. The summed E-state index contributed by atoms with van der Waals surface area (Å²) in [5.41, 5.74) is 0.724. The van der Waals surface area contributed by atoms with Gasteiger partial charge in [0, 0.05) is 0 Å². The van der Waals surface area contributed by atoms with Crippen LogP contribution in [0.5, 0.6) is 5.75 Å². The number of hydrogen-bond donors (Lipinski definition) is 3. The first-order valence-electron chi connectivity index (χ1n) is 5.87. The van der Waals surface area contributed by atoms with Crippen molar-refractivity contribution in [3.8, 4) is 11.8 Å². The van der Waals surface area contributed by atoms with Gasteiger partial charge in [0.25, 0.3) is 0 Å². The summed E-state index contributed by atoms with van der Waals surface area (Å²) >= 11 is 14.9. The molecule has 2 rings (SSSR count). The van der Waals surface area contributed by atoms with E-state index in [1.54, 1.807) is 18.2 Å². The van der Waals surface area contributed by atoms with Gasteiger partial charge in [0.2, 0.25) is 0 Å². The first-order chi connectivity index (χ1) is 10.4. The third-order valence-electron chi connectivity index (χ3n) is 2.68. The van der Waals surface area contributed by atoms with E-state index in [0.29, 0.717) is 10.7 Å². The molecule has 112 valence electrons. The standard InChI is InChI=1S/C14H8BrCl2N3O2/c15-11-7(6-18)4-5-10(13(11)21)20-14(22)19-9-3-1-2-8(16)12(9)17/h1-5,21H,(H2,19,20,22). The van der Waals surface area contributed by atoms with Gasteiger partial charge in [-0.1, -0.05) is 29.3 Å². The molecule has 3 N–H and O–H groups in total. The normalized spacial score (nSPS) is 9.91. The summed E-state index contributed by atoms with van der Waals surface area (Å²) in [6.45, 7) is 0. The molecule has 2 aromatic rings. The van der Waals surface area contributed by atoms with Crippen LogP contribution in [0.3, 0.4) is 0 Å². The van der Waals surface area contributed by atoms with Gasteiger partial charge in [-0.15, -0.1) is 0 Å². The monoisotopic (exact) mass is 399 g/mol. The van der Waals surface area contributed by atoms with Gasteiger partial charge in [0.1, 0.15) is 6.07 Å². The van der Waals surface area contributed by atoms with E-state index in [1.165, 1.54) is 12.1 Å². The molecule has 0 saturated heterocycles. The molecular formula is C14H8BrCl2N3O2. The van der Waals surface area contributed by atoms with Crippen molar-refractivity contribution in [2.75, 3.05) is 10.6 Å². The number of rotatable bonds is 2. The van der Waals surface area contributed by atoms with E-state index in [9.17, 15) is 9.90 Å². The Bertz CT molecular complexity index is 790. The van der Waals surface area contributed by atoms with Crippen LogP contribution >= 0.6 is 39.1 Å². The molecule has 0 atom stereocenters. The average Bonchev–Trinajstić information content (AvgIpc) is 2.49. The van der Waals surface area contributed by atoms with Gasteiger partial charge in [0.05, 0.1) is 31.5 Å². The Labute approximate surface area is 144 Å². The highest BCUT2D eigenvalue weighted by molar-refractivity contribution is 9.10. The minimum absolute atomic E-state index is 0.140. The number of nitrogens with one attached hydrogen (secondary N) is 2. The van der Waals surface area contributed by atoms with Crippen LogP contribution in [0.25, 0.3) is 0 Å². The molecule has 0 aliphatic carbocycles. The zero-order valence-electron chi connectivity index (χ0n) is 10.8. The quantitative estimate of drug-likeness (QED) is 0.621. The van der Waals surface area contributed by atoms with Gasteiger partial charge in [-0.05, 0) is 40.2 Å². The van der Waals surface area contributed by atoms with Gasteiger partial charge in [-0.2, -0.15) is 5.26 Å². The number of halogens is 3. The maximum absolute atomic E-state index is 11.9. The molecule has 0 fully saturated rings. The minimum atomic E-state index is -0.615. The first kappa shape index (κ1) is 16.4. The van der Waals surface area contributed by atoms with E-state index in [2.05, 4.69) is 26.6 Å². The van der Waals surface area contributed by atoms with E-state index in [1.807, 2.05) is 6.07 Å². The summed E-state index contributed by atoms with van der Waals surface area (Å²) in [5, 5.41) is 24.3. The second-order valence-corrected chi connectivity index (χ2v) is 5.69. The molecule has 2 aromatic carbocycles. The summed E-state index contributed by atoms with van der Waals surface area (Å²) in [5.74, 6) is -0.244. The maximum atomic E-state index is 11.9. The highest BCUT2D eigenvalue weighted by Crippen LogP contribution is 2.35. The molecule has 0 unspecified atom stereocenters. The Hall–Kier alpha value is -1.94. The first-order valence-corrected chi connectivity index (χ1v) is 7.42. The van der Waals surface area contributed by atoms with Gasteiger partial charge >= 0.3 is 6.03 Å². The van der Waals surface area contributed by atoms with Crippen molar-refractivity contribution in [2.24, 2.45) is 0 Å². The second kappa shape index (κ2) is 6.88. The molecule has 8 heteroatoms. The van der Waals surface area contributed by atoms with Crippen molar-refractivity contribution in [2.45, 2.75) is 0 Å². The van der Waals surface area contributed by atoms with Gasteiger partial charge in [-0.25, -0.2) is 4.79 Å². The largest absolute Gasteiger partial charge is 0.505 e. The number of aromatic hydroxyl groups is 1. The number of carbonyl (C=O) groups is 1. The van der Waals surface area contributed by atoms with Crippen molar-refractivity contribution in [3.63, 3.8) is 0 Å². The van der Waals surface area contributed by atoms with Gasteiger partial charge < -0.3 is 15.7 Å². The third kappa shape index (κ3) is 3.45. The Morgan fingerprint density at radius 3 is 2.55 bits per heavy atom. The number of benzene rings is 2. The molecule has 22 heavy (non-hydrogen) atoms. The fraction of sp³-hybridized carbons (Fsp3) is 0. The lowest BCUT2D eigenvalue weighted by atomic mass is 10.2. The molecule has 0 bridgehead atoms. The summed E-state index contributed by atoms with van der Waals surface area (Å²) in [4.78, 5) is 11.9. The van der Waals surface area contributed by atoms with E-state index in [4.69, 9.17) is 28.5 Å². The van der Waals surface area contributed by atoms with Crippen LogP contribution in [0.15, 0.2) is 34.8 Å². The number of phenols is 1. The molecule has 5 nitrogen and oxygen atoms in total. The Morgan fingerprint density at radius 2 is 1.86 bits per heavy atom. The third-order valence-corrected chi connectivity index (χ3v) is 4.31. The lowest BCUT2D eigenvalue weighted by Crippen LogP contribution is -2.19. The fourth-order valence-corrected chi connectivity index (χ4v) is 2.41. The summed E-state index contributed by atoms with van der Waals surface area (Å²) in [6, 6.07) is 8.98. The molecule has 0 aliphatic heterocycles. The molecule has 0 spiro atoms. The zero-order valence-corrected chi connectivity index (χ0v) is 13.9. The van der Waals surface area contributed by atoms with Crippen molar-refractivity contribution in [3.05, 3.63) is 50.4 Å². The lowest BCUT2D eigenvalue weighted by molar-refractivity contribution is 0.262. The van der Waals surface area contributed by atoms with Crippen LogP contribution in [-0.4, -0.2) is 11.1 Å². The van der Waals surface area contributed by atoms with Crippen LogP contribution in [0.4, 0.5) is 16.2 Å². The van der Waals surface area contributed by atoms with Crippen molar-refractivity contribution >= 4 is 56.5 Å². The van der Waals surface area contributed by atoms with E-state index in [-0.39, 0.29) is 26.5 Å². The summed E-state index contributed by atoms with van der Waals surface area (Å²) in [7, 11) is 0. The molecule has 0 heterocycles. The SMILES string of the molecule is N#Cc1ccc(NC(=O)Nc2cccc(Cl)c2Cl)c(O)c1Br. The van der Waals surface area contributed by atoms with Crippen molar-refractivity contribution in [1.29, 1.82) is 5.26 Å². The molecule has 0 radical (unpaired) electrons. The van der Waals surface area contributed by atoms with E-state index < -0.39 is 6.03 Å².